The van der Waals surface area contributed by atoms with Crippen molar-refractivity contribution in [3.8, 4) is 0 Å². The van der Waals surface area contributed by atoms with Crippen LogP contribution in [-0.4, -0.2) is 35.0 Å². The molecule has 0 radical (unpaired) electrons. The Morgan fingerprint density at radius 2 is 2.00 bits per heavy atom. The first kappa shape index (κ1) is 19.8. The molecule has 3 rings (SSSR count). The summed E-state index contributed by atoms with van der Waals surface area (Å²) in [5, 5.41) is 7.19. The summed E-state index contributed by atoms with van der Waals surface area (Å²) < 4.78 is 6.45. The largest absolute Gasteiger partial charge is 0.456 e. The number of aryl methyl sites for hydroxylation is 1. The third-order valence-electron chi connectivity index (χ3n) is 4.24. The van der Waals surface area contributed by atoms with E-state index in [2.05, 4.69) is 10.6 Å². The van der Waals surface area contributed by atoms with E-state index >= 15 is 0 Å². The van der Waals surface area contributed by atoms with Gasteiger partial charge in [-0.15, -0.1) is 0 Å². The Kier molecular flexibility index (Phi) is 6.25. The summed E-state index contributed by atoms with van der Waals surface area (Å²) in [5.41, 5.74) is 1.50. The first-order valence-corrected chi connectivity index (χ1v) is 9.82. The second-order valence-electron chi connectivity index (χ2n) is 6.55. The molecule has 0 spiro atoms. The van der Waals surface area contributed by atoms with E-state index in [1.165, 1.54) is 4.57 Å². The van der Waals surface area contributed by atoms with Crippen LogP contribution < -0.4 is 15.5 Å². The number of thiazole rings is 1. The van der Waals surface area contributed by atoms with E-state index < -0.39 is 18.5 Å². The molecule has 1 aliphatic carbocycles. The fourth-order valence-electron chi connectivity index (χ4n) is 2.56. The number of para-hydroxylation sites is 1. The average Bonchev–Trinajstić information content (AvgIpc) is 3.43. The number of esters is 1. The molecule has 0 atom stereocenters. The minimum absolute atomic E-state index is 0.00879. The number of amides is 2. The fourth-order valence-corrected chi connectivity index (χ4v) is 3.32. The number of aromatic nitrogens is 1. The highest BCUT2D eigenvalue weighted by Crippen LogP contribution is 2.21. The van der Waals surface area contributed by atoms with Crippen LogP contribution in [0.5, 0.6) is 0 Å². The van der Waals surface area contributed by atoms with Crippen LogP contribution in [0.2, 0.25) is 0 Å². The number of hydrogen-bond donors (Lipinski definition) is 2. The maximum Gasteiger partial charge on any atom is 0.308 e. The number of nitrogens with one attached hydrogen (secondary N) is 2. The highest BCUT2D eigenvalue weighted by molar-refractivity contribution is 7.07. The van der Waals surface area contributed by atoms with Gasteiger partial charge in [-0.3, -0.25) is 19.2 Å². The van der Waals surface area contributed by atoms with Gasteiger partial charge in [-0.1, -0.05) is 23.5 Å². The van der Waals surface area contributed by atoms with Gasteiger partial charge in [0, 0.05) is 23.7 Å². The van der Waals surface area contributed by atoms with E-state index in [1.807, 2.05) is 0 Å². The second-order valence-corrected chi connectivity index (χ2v) is 7.37. The lowest BCUT2D eigenvalue weighted by atomic mass is 10.1. The van der Waals surface area contributed by atoms with Crippen LogP contribution in [0.25, 0.3) is 0 Å². The molecule has 2 N–H and O–H groups in total. The Balaban J connectivity index is 1.48. The maximum absolute atomic E-state index is 12.2. The summed E-state index contributed by atoms with van der Waals surface area (Å²) >= 11 is 1.07. The van der Waals surface area contributed by atoms with Crippen LogP contribution in [0.3, 0.4) is 0 Å². The lowest BCUT2D eigenvalue weighted by molar-refractivity contribution is -0.147. The zero-order chi connectivity index (χ0) is 20.1. The van der Waals surface area contributed by atoms with Gasteiger partial charge in [-0.25, -0.2) is 0 Å². The van der Waals surface area contributed by atoms with E-state index in [0.29, 0.717) is 11.3 Å². The van der Waals surface area contributed by atoms with E-state index in [4.69, 9.17) is 4.74 Å². The van der Waals surface area contributed by atoms with Crippen LogP contribution in [0, 0.1) is 6.92 Å². The predicted molar refractivity (Wildman–Crippen MR) is 104 cm³/mol. The van der Waals surface area contributed by atoms with Gasteiger partial charge in [-0.05, 0) is 31.9 Å². The van der Waals surface area contributed by atoms with Crippen molar-refractivity contribution < 1.29 is 19.1 Å². The Bertz CT molecular complexity index is 945. The molecule has 9 heteroatoms. The van der Waals surface area contributed by atoms with Crippen molar-refractivity contribution in [1.29, 1.82) is 0 Å². The zero-order valence-corrected chi connectivity index (χ0v) is 16.2. The number of rotatable bonds is 8. The lowest BCUT2D eigenvalue weighted by Gasteiger charge is -2.11. The molecule has 1 aliphatic rings. The van der Waals surface area contributed by atoms with Crippen molar-refractivity contribution in [1.82, 2.24) is 9.88 Å². The highest BCUT2D eigenvalue weighted by atomic mass is 32.1. The van der Waals surface area contributed by atoms with Gasteiger partial charge in [-0.2, -0.15) is 0 Å². The first-order chi connectivity index (χ1) is 13.4. The van der Waals surface area contributed by atoms with E-state index in [-0.39, 0.29) is 29.8 Å². The minimum Gasteiger partial charge on any atom is -0.456 e. The zero-order valence-electron chi connectivity index (χ0n) is 15.4. The number of carbonyl (C=O) groups is 3. The standard InChI is InChI=1S/C19H21N3O5S/c1-12-11-28-19(26)22(12)9-8-17(24)27-10-16(23)21-15-5-3-2-4-14(15)18(25)20-13-6-7-13/h2-5,11,13H,6-10H2,1H3,(H,20,25)(H,21,23). The molecule has 0 saturated heterocycles. The summed E-state index contributed by atoms with van der Waals surface area (Å²) in [5.74, 6) is -1.36. The number of ether oxygens (including phenoxy) is 1. The third kappa shape index (κ3) is 5.29. The van der Waals surface area contributed by atoms with Gasteiger partial charge in [0.05, 0.1) is 17.7 Å². The molecular formula is C19H21N3O5S. The number of anilines is 1. The van der Waals surface area contributed by atoms with Crippen LogP contribution in [0.15, 0.2) is 34.4 Å². The Morgan fingerprint density at radius 3 is 2.68 bits per heavy atom. The van der Waals surface area contributed by atoms with Gasteiger partial charge in [0.1, 0.15) is 0 Å². The summed E-state index contributed by atoms with van der Waals surface area (Å²) in [4.78, 5) is 47.7. The highest BCUT2D eigenvalue weighted by Gasteiger charge is 2.25. The van der Waals surface area contributed by atoms with Gasteiger partial charge in [0.15, 0.2) is 6.61 Å². The Hall–Kier alpha value is -2.94. The van der Waals surface area contributed by atoms with Gasteiger partial charge < -0.3 is 19.9 Å². The van der Waals surface area contributed by atoms with Crippen molar-refractivity contribution in [3.63, 3.8) is 0 Å². The van der Waals surface area contributed by atoms with Crippen LogP contribution in [-0.2, 0) is 20.9 Å². The van der Waals surface area contributed by atoms with Crippen molar-refractivity contribution >= 4 is 34.8 Å². The lowest BCUT2D eigenvalue weighted by Crippen LogP contribution is -2.28. The second kappa shape index (κ2) is 8.83. The monoisotopic (exact) mass is 403 g/mol. The molecule has 1 fully saturated rings. The molecule has 148 valence electrons. The first-order valence-electron chi connectivity index (χ1n) is 8.94. The van der Waals surface area contributed by atoms with E-state index in [1.54, 1.807) is 36.6 Å². The third-order valence-corrected chi connectivity index (χ3v) is 5.12. The molecular weight excluding hydrogens is 382 g/mol. The smallest absolute Gasteiger partial charge is 0.308 e. The van der Waals surface area contributed by atoms with E-state index in [9.17, 15) is 19.2 Å². The summed E-state index contributed by atoms with van der Waals surface area (Å²) in [6.45, 7) is 1.53. The molecule has 1 aromatic heterocycles. The molecule has 2 amide bonds. The SMILES string of the molecule is Cc1csc(=O)n1CCC(=O)OCC(=O)Nc1ccccc1C(=O)NC1CC1. The number of benzene rings is 1. The summed E-state index contributed by atoms with van der Waals surface area (Å²) in [6, 6.07) is 6.87. The molecule has 1 saturated carbocycles. The molecule has 1 heterocycles. The fraction of sp³-hybridized carbons (Fsp3) is 0.368. The molecule has 0 bridgehead atoms. The van der Waals surface area contributed by atoms with E-state index in [0.717, 1.165) is 29.9 Å². The quantitative estimate of drug-likeness (QED) is 0.653. The maximum atomic E-state index is 12.2. The molecule has 0 unspecified atom stereocenters. The summed E-state index contributed by atoms with van der Waals surface area (Å²) in [6.07, 6.45) is 1.92. The molecule has 28 heavy (non-hydrogen) atoms. The Labute approximate surface area is 165 Å². The molecule has 2 aromatic rings. The molecule has 8 nitrogen and oxygen atoms in total. The average molecular weight is 403 g/mol. The Morgan fingerprint density at radius 1 is 1.25 bits per heavy atom. The number of nitrogens with zero attached hydrogens (tertiary/aromatic N) is 1. The topological polar surface area (TPSA) is 106 Å². The summed E-state index contributed by atoms with van der Waals surface area (Å²) in [7, 11) is 0. The van der Waals surface area contributed by atoms with Gasteiger partial charge in [0.2, 0.25) is 0 Å². The number of carbonyl (C=O) groups excluding carboxylic acids is 3. The molecule has 0 aliphatic heterocycles. The van der Waals surface area contributed by atoms with Gasteiger partial charge in [0.25, 0.3) is 11.8 Å². The van der Waals surface area contributed by atoms with Crippen LogP contribution in [0.4, 0.5) is 5.69 Å². The molecule has 1 aromatic carbocycles. The predicted octanol–water partition coefficient (Wildman–Crippen LogP) is 1.68. The number of hydrogen-bond acceptors (Lipinski definition) is 6. The minimum atomic E-state index is -0.576. The van der Waals surface area contributed by atoms with Gasteiger partial charge >= 0.3 is 10.8 Å². The van der Waals surface area contributed by atoms with Crippen LogP contribution >= 0.6 is 11.3 Å². The normalized spacial score (nSPS) is 13.0. The van der Waals surface area contributed by atoms with Crippen molar-refractivity contribution in [2.75, 3.05) is 11.9 Å². The van der Waals surface area contributed by atoms with Crippen molar-refractivity contribution in [2.24, 2.45) is 0 Å². The van der Waals surface area contributed by atoms with Crippen LogP contribution in [0.1, 0.15) is 35.3 Å². The van der Waals surface area contributed by atoms with Crippen molar-refractivity contribution in [2.45, 2.75) is 38.8 Å². The van der Waals surface area contributed by atoms with Crippen molar-refractivity contribution in [3.05, 3.63) is 50.6 Å².